The Morgan fingerprint density at radius 2 is 2.00 bits per heavy atom. The zero-order valence-corrected chi connectivity index (χ0v) is 14.2. The van der Waals surface area contributed by atoms with Crippen LogP contribution < -0.4 is 15.7 Å². The number of hydrazone groups is 1. The zero-order chi connectivity index (χ0) is 19.2. The lowest BCUT2D eigenvalue weighted by Gasteiger charge is -2.05. The van der Waals surface area contributed by atoms with Gasteiger partial charge in [-0.05, 0) is 24.3 Å². The molecule has 0 saturated carbocycles. The summed E-state index contributed by atoms with van der Waals surface area (Å²) < 4.78 is 5.11. The molecule has 0 spiro atoms. The highest BCUT2D eigenvalue weighted by atomic mass is 16.6. The summed E-state index contributed by atoms with van der Waals surface area (Å²) >= 11 is 0. The number of non-ortho nitro benzene ring substituents is 1. The van der Waals surface area contributed by atoms with Gasteiger partial charge < -0.3 is 4.74 Å². The molecule has 2 aromatic carbocycles. The monoisotopic (exact) mass is 365 g/mol. The number of nitro groups is 1. The van der Waals surface area contributed by atoms with Gasteiger partial charge in [-0.15, -0.1) is 0 Å². The second kappa shape index (κ2) is 7.91. The molecule has 3 rings (SSSR count). The van der Waals surface area contributed by atoms with Gasteiger partial charge in [0.05, 0.1) is 23.9 Å². The van der Waals surface area contributed by atoms with E-state index in [9.17, 15) is 14.9 Å². The van der Waals surface area contributed by atoms with Crippen molar-refractivity contribution in [1.29, 1.82) is 0 Å². The fraction of sp³-hybridized carbons (Fsp3) is 0.0556. The molecule has 0 aliphatic rings. The molecule has 0 saturated heterocycles. The molecule has 1 heterocycles. The number of benzene rings is 2. The van der Waals surface area contributed by atoms with E-state index < -0.39 is 4.92 Å². The van der Waals surface area contributed by atoms with Gasteiger partial charge in [-0.25, -0.2) is 10.4 Å². The number of rotatable bonds is 6. The maximum absolute atomic E-state index is 11.9. The molecule has 0 bridgehead atoms. The van der Waals surface area contributed by atoms with Crippen LogP contribution >= 0.6 is 0 Å². The predicted molar refractivity (Wildman–Crippen MR) is 101 cm³/mol. The molecule has 3 aromatic rings. The zero-order valence-electron chi connectivity index (χ0n) is 14.2. The van der Waals surface area contributed by atoms with Crippen molar-refractivity contribution >= 4 is 17.9 Å². The fourth-order valence-corrected chi connectivity index (χ4v) is 2.31. The standard InChI is InChI=1S/C18H15N5O4/c1-27-15-7-5-13(6-8-15)16-10-17(24)21-18(20-16)22-19-11-12-3-2-4-14(9-12)23(25)26/h2-11H,1H3,(H2,20,21,22,24)/b19-11-. The van der Waals surface area contributed by atoms with Crippen LogP contribution in [0.15, 0.2) is 64.5 Å². The summed E-state index contributed by atoms with van der Waals surface area (Å²) in [4.78, 5) is 29.0. The quantitative estimate of drug-likeness (QED) is 0.393. The Hall–Kier alpha value is -4.01. The maximum atomic E-state index is 11.9. The molecule has 0 atom stereocenters. The van der Waals surface area contributed by atoms with Crippen molar-refractivity contribution < 1.29 is 9.66 Å². The molecular weight excluding hydrogens is 350 g/mol. The summed E-state index contributed by atoms with van der Waals surface area (Å²) in [6, 6.07) is 14.5. The Morgan fingerprint density at radius 1 is 1.22 bits per heavy atom. The van der Waals surface area contributed by atoms with E-state index >= 15 is 0 Å². The van der Waals surface area contributed by atoms with E-state index in [0.29, 0.717) is 17.0 Å². The van der Waals surface area contributed by atoms with Gasteiger partial charge in [0.2, 0.25) is 5.95 Å². The average Bonchev–Trinajstić information content (AvgIpc) is 2.68. The first-order valence-corrected chi connectivity index (χ1v) is 7.84. The highest BCUT2D eigenvalue weighted by Crippen LogP contribution is 2.20. The number of ether oxygens (including phenoxy) is 1. The van der Waals surface area contributed by atoms with Gasteiger partial charge in [0, 0.05) is 29.3 Å². The molecular formula is C18H15N5O4. The lowest BCUT2D eigenvalue weighted by molar-refractivity contribution is -0.384. The van der Waals surface area contributed by atoms with Gasteiger partial charge in [0.15, 0.2) is 0 Å². The normalized spacial score (nSPS) is 10.7. The Balaban J connectivity index is 1.79. The Morgan fingerprint density at radius 3 is 2.70 bits per heavy atom. The summed E-state index contributed by atoms with van der Waals surface area (Å²) in [6.07, 6.45) is 1.40. The van der Waals surface area contributed by atoms with Crippen LogP contribution in [0, 0.1) is 10.1 Å². The van der Waals surface area contributed by atoms with Gasteiger partial charge in [-0.1, -0.05) is 12.1 Å². The molecule has 0 radical (unpaired) electrons. The largest absolute Gasteiger partial charge is 0.497 e. The van der Waals surface area contributed by atoms with E-state index in [2.05, 4.69) is 20.5 Å². The first-order chi connectivity index (χ1) is 13.0. The SMILES string of the molecule is COc1ccc(-c2cc(=O)[nH]c(N/N=C\c3cccc([N+](=O)[O-])c3)n2)cc1. The minimum atomic E-state index is -0.484. The van der Waals surface area contributed by atoms with Crippen LogP contribution in [-0.2, 0) is 0 Å². The van der Waals surface area contributed by atoms with E-state index in [-0.39, 0.29) is 17.2 Å². The van der Waals surface area contributed by atoms with Crippen LogP contribution in [0.25, 0.3) is 11.3 Å². The van der Waals surface area contributed by atoms with Gasteiger partial charge in [0.1, 0.15) is 5.75 Å². The summed E-state index contributed by atoms with van der Waals surface area (Å²) in [6.45, 7) is 0. The van der Waals surface area contributed by atoms with Crippen molar-refractivity contribution in [1.82, 2.24) is 9.97 Å². The van der Waals surface area contributed by atoms with E-state index in [1.807, 2.05) is 0 Å². The average molecular weight is 365 g/mol. The second-order valence-corrected chi connectivity index (χ2v) is 5.43. The summed E-state index contributed by atoms with van der Waals surface area (Å²) in [5.41, 5.74) is 3.99. The van der Waals surface area contributed by atoms with Crippen LogP contribution in [0.2, 0.25) is 0 Å². The molecule has 9 heteroatoms. The third-order valence-electron chi connectivity index (χ3n) is 3.59. The van der Waals surface area contributed by atoms with E-state index in [0.717, 1.165) is 5.56 Å². The Bertz CT molecular complexity index is 1040. The molecule has 2 N–H and O–H groups in total. The molecule has 0 fully saturated rings. The van der Waals surface area contributed by atoms with Crippen LogP contribution in [0.1, 0.15) is 5.56 Å². The number of H-pyrrole nitrogens is 1. The topological polar surface area (TPSA) is 123 Å². The summed E-state index contributed by atoms with van der Waals surface area (Å²) in [7, 11) is 1.57. The number of hydrogen-bond donors (Lipinski definition) is 2. The second-order valence-electron chi connectivity index (χ2n) is 5.43. The first kappa shape index (κ1) is 17.8. The minimum absolute atomic E-state index is 0.0352. The summed E-state index contributed by atoms with van der Waals surface area (Å²) in [5, 5.41) is 14.8. The van der Waals surface area contributed by atoms with Gasteiger partial charge in [0.25, 0.3) is 11.2 Å². The first-order valence-electron chi connectivity index (χ1n) is 7.84. The molecule has 0 aliphatic heterocycles. The minimum Gasteiger partial charge on any atom is -0.497 e. The lowest BCUT2D eigenvalue weighted by atomic mass is 10.1. The lowest BCUT2D eigenvalue weighted by Crippen LogP contribution is -2.10. The molecule has 9 nitrogen and oxygen atoms in total. The van der Waals surface area contributed by atoms with E-state index in [1.54, 1.807) is 43.5 Å². The van der Waals surface area contributed by atoms with Gasteiger partial charge in [-0.2, -0.15) is 5.10 Å². The van der Waals surface area contributed by atoms with Crippen molar-refractivity contribution in [3.05, 3.63) is 80.6 Å². The Kier molecular flexibility index (Phi) is 5.22. The Labute approximate surface area is 153 Å². The van der Waals surface area contributed by atoms with Crippen LogP contribution in [0.3, 0.4) is 0 Å². The third kappa shape index (κ3) is 4.54. The number of aromatic nitrogens is 2. The van der Waals surface area contributed by atoms with Gasteiger partial charge in [-0.3, -0.25) is 19.9 Å². The molecule has 0 aliphatic carbocycles. The number of methoxy groups -OCH3 is 1. The van der Waals surface area contributed by atoms with Crippen LogP contribution in [0.4, 0.5) is 11.6 Å². The van der Waals surface area contributed by atoms with Crippen molar-refractivity contribution in [2.75, 3.05) is 12.5 Å². The molecule has 136 valence electrons. The van der Waals surface area contributed by atoms with Crippen molar-refractivity contribution in [2.24, 2.45) is 5.10 Å². The number of anilines is 1. The number of nitrogens with one attached hydrogen (secondary N) is 2. The van der Waals surface area contributed by atoms with Crippen molar-refractivity contribution in [3.8, 4) is 17.0 Å². The smallest absolute Gasteiger partial charge is 0.270 e. The molecule has 0 amide bonds. The van der Waals surface area contributed by atoms with E-state index in [1.165, 1.54) is 24.4 Å². The number of aromatic amines is 1. The number of nitrogens with zero attached hydrogens (tertiary/aromatic N) is 3. The number of hydrogen-bond acceptors (Lipinski definition) is 7. The van der Waals surface area contributed by atoms with Gasteiger partial charge >= 0.3 is 0 Å². The highest BCUT2D eigenvalue weighted by molar-refractivity contribution is 5.81. The number of nitro benzene ring substituents is 1. The third-order valence-corrected chi connectivity index (χ3v) is 3.59. The van der Waals surface area contributed by atoms with Crippen LogP contribution in [0.5, 0.6) is 5.75 Å². The molecule has 27 heavy (non-hydrogen) atoms. The van der Waals surface area contributed by atoms with Crippen molar-refractivity contribution in [3.63, 3.8) is 0 Å². The molecule has 0 unspecified atom stereocenters. The van der Waals surface area contributed by atoms with Crippen molar-refractivity contribution in [2.45, 2.75) is 0 Å². The maximum Gasteiger partial charge on any atom is 0.270 e. The highest BCUT2D eigenvalue weighted by Gasteiger charge is 2.05. The van der Waals surface area contributed by atoms with E-state index in [4.69, 9.17) is 4.74 Å². The predicted octanol–water partition coefficient (Wildman–Crippen LogP) is 2.80. The summed E-state index contributed by atoms with van der Waals surface area (Å²) in [5.74, 6) is 0.846. The fourth-order valence-electron chi connectivity index (χ4n) is 2.31. The van der Waals surface area contributed by atoms with Crippen LogP contribution in [-0.4, -0.2) is 28.2 Å². The molecule has 1 aromatic heterocycles.